The lowest BCUT2D eigenvalue weighted by Crippen LogP contribution is -2.63. The quantitative estimate of drug-likeness (QED) is 0.306. The maximum Gasteiger partial charge on any atom is 0.410 e. The largest absolute Gasteiger partial charge is 0.497 e. The van der Waals surface area contributed by atoms with Crippen LogP contribution in [0.4, 0.5) is 4.79 Å². The summed E-state index contributed by atoms with van der Waals surface area (Å²) in [7, 11) is 3.44. The third-order valence-corrected chi connectivity index (χ3v) is 5.55. The van der Waals surface area contributed by atoms with Crippen LogP contribution in [0.15, 0.2) is 29.3 Å². The number of amides is 1. The normalized spacial score (nSPS) is 18.6. The number of likely N-dealkylation sites (tertiary alicyclic amines) is 1. The van der Waals surface area contributed by atoms with Gasteiger partial charge in [-0.05, 0) is 38.5 Å². The number of carbonyl (C=O) groups excluding carboxylic acids is 1. The summed E-state index contributed by atoms with van der Waals surface area (Å²) in [6.07, 6.45) is -0.273. The Labute approximate surface area is 214 Å². The van der Waals surface area contributed by atoms with Crippen molar-refractivity contribution in [2.75, 3.05) is 60.1 Å². The molecular formula is C23H38IN5O4. The minimum Gasteiger partial charge on any atom is -0.497 e. The number of benzene rings is 1. The van der Waals surface area contributed by atoms with Gasteiger partial charge in [-0.2, -0.15) is 0 Å². The van der Waals surface area contributed by atoms with E-state index in [0.29, 0.717) is 19.6 Å². The molecule has 1 aromatic carbocycles. The number of nitrogens with one attached hydrogen (secondary N) is 2. The number of carbonyl (C=O) groups is 1. The molecule has 2 saturated heterocycles. The SMILES string of the molecule is CN=C(NCC(c1ccc(OC)cc1)N1CCOCC1)NC1CN(C(=O)OC(C)(C)C)C1.I. The summed E-state index contributed by atoms with van der Waals surface area (Å²) in [5.41, 5.74) is 0.735. The topological polar surface area (TPSA) is 87.7 Å². The fourth-order valence-electron chi connectivity index (χ4n) is 3.80. The summed E-state index contributed by atoms with van der Waals surface area (Å²) in [6, 6.07) is 8.55. The molecule has 2 aliphatic heterocycles. The number of methoxy groups -OCH3 is 1. The molecule has 9 nitrogen and oxygen atoms in total. The molecule has 3 rings (SSSR count). The molecule has 0 aromatic heterocycles. The summed E-state index contributed by atoms with van der Waals surface area (Å²) < 4.78 is 16.3. The van der Waals surface area contributed by atoms with E-state index < -0.39 is 5.60 Å². The molecule has 1 aromatic rings. The summed E-state index contributed by atoms with van der Waals surface area (Å²) in [5, 5.41) is 6.87. The number of hydrogen-bond donors (Lipinski definition) is 2. The number of aliphatic imine (C=N–C) groups is 1. The Balaban J connectivity index is 0.00000385. The second-order valence-electron chi connectivity index (χ2n) is 9.12. The van der Waals surface area contributed by atoms with Gasteiger partial charge in [0.25, 0.3) is 0 Å². The number of nitrogens with zero attached hydrogens (tertiary/aromatic N) is 3. The molecule has 0 spiro atoms. The molecule has 2 heterocycles. The summed E-state index contributed by atoms with van der Waals surface area (Å²) >= 11 is 0. The first-order chi connectivity index (χ1) is 15.3. The lowest BCUT2D eigenvalue weighted by Gasteiger charge is -2.41. The van der Waals surface area contributed by atoms with Gasteiger partial charge in [0, 0.05) is 39.8 Å². The van der Waals surface area contributed by atoms with Crippen LogP contribution >= 0.6 is 24.0 Å². The van der Waals surface area contributed by atoms with E-state index in [1.54, 1.807) is 19.1 Å². The molecule has 10 heteroatoms. The van der Waals surface area contributed by atoms with Crippen molar-refractivity contribution in [2.24, 2.45) is 4.99 Å². The van der Waals surface area contributed by atoms with Crippen LogP contribution < -0.4 is 15.4 Å². The predicted octanol–water partition coefficient (Wildman–Crippen LogP) is 2.47. The molecule has 2 fully saturated rings. The van der Waals surface area contributed by atoms with Gasteiger partial charge in [-0.1, -0.05) is 12.1 Å². The molecule has 1 unspecified atom stereocenters. The Morgan fingerprint density at radius 2 is 1.85 bits per heavy atom. The van der Waals surface area contributed by atoms with E-state index in [1.807, 2.05) is 32.9 Å². The summed E-state index contributed by atoms with van der Waals surface area (Å²) in [6.45, 7) is 10.8. The zero-order valence-corrected chi connectivity index (χ0v) is 22.6. The third-order valence-electron chi connectivity index (χ3n) is 5.55. The molecule has 33 heavy (non-hydrogen) atoms. The molecule has 186 valence electrons. The maximum atomic E-state index is 12.1. The van der Waals surface area contributed by atoms with Crippen LogP contribution in [0.2, 0.25) is 0 Å². The van der Waals surface area contributed by atoms with Gasteiger partial charge in [0.2, 0.25) is 0 Å². The van der Waals surface area contributed by atoms with E-state index >= 15 is 0 Å². The van der Waals surface area contributed by atoms with Crippen LogP contribution in [-0.2, 0) is 9.47 Å². The van der Waals surface area contributed by atoms with E-state index in [9.17, 15) is 4.79 Å². The van der Waals surface area contributed by atoms with Crippen molar-refractivity contribution in [1.29, 1.82) is 0 Å². The van der Waals surface area contributed by atoms with Crippen molar-refractivity contribution in [1.82, 2.24) is 20.4 Å². The van der Waals surface area contributed by atoms with Crippen molar-refractivity contribution in [3.8, 4) is 5.75 Å². The number of halogens is 1. The first-order valence-corrected chi connectivity index (χ1v) is 11.2. The van der Waals surface area contributed by atoms with Crippen LogP contribution in [0.5, 0.6) is 5.75 Å². The highest BCUT2D eigenvalue weighted by Gasteiger charge is 2.34. The Bertz CT molecular complexity index is 772. The Kier molecular flexibility index (Phi) is 10.5. The van der Waals surface area contributed by atoms with Crippen molar-refractivity contribution >= 4 is 36.0 Å². The first-order valence-electron chi connectivity index (χ1n) is 11.2. The number of rotatable bonds is 6. The highest BCUT2D eigenvalue weighted by molar-refractivity contribution is 14.0. The molecular weight excluding hydrogens is 537 g/mol. The molecule has 1 atom stereocenters. The van der Waals surface area contributed by atoms with Gasteiger partial charge in [-0.25, -0.2) is 4.79 Å². The van der Waals surface area contributed by atoms with E-state index in [-0.39, 0.29) is 42.2 Å². The van der Waals surface area contributed by atoms with Crippen LogP contribution in [0.1, 0.15) is 32.4 Å². The second kappa shape index (κ2) is 12.6. The Morgan fingerprint density at radius 1 is 1.21 bits per heavy atom. The van der Waals surface area contributed by atoms with E-state index in [2.05, 4.69) is 32.7 Å². The molecule has 2 aliphatic rings. The maximum absolute atomic E-state index is 12.1. The van der Waals surface area contributed by atoms with Crippen molar-refractivity contribution in [3.05, 3.63) is 29.8 Å². The molecule has 2 N–H and O–H groups in total. The smallest absolute Gasteiger partial charge is 0.410 e. The highest BCUT2D eigenvalue weighted by Crippen LogP contribution is 2.24. The van der Waals surface area contributed by atoms with Crippen LogP contribution in [-0.4, -0.2) is 93.6 Å². The average Bonchev–Trinajstić information content (AvgIpc) is 2.74. The van der Waals surface area contributed by atoms with Crippen LogP contribution in [0, 0.1) is 0 Å². The lowest BCUT2D eigenvalue weighted by molar-refractivity contribution is 0.00687. The lowest BCUT2D eigenvalue weighted by atomic mass is 10.0. The fourth-order valence-corrected chi connectivity index (χ4v) is 3.80. The second-order valence-corrected chi connectivity index (χ2v) is 9.12. The van der Waals surface area contributed by atoms with Gasteiger partial charge in [-0.3, -0.25) is 9.89 Å². The summed E-state index contributed by atoms with van der Waals surface area (Å²) in [5.74, 6) is 1.57. The van der Waals surface area contributed by atoms with E-state index in [4.69, 9.17) is 14.2 Å². The third kappa shape index (κ3) is 8.18. The Hall–Kier alpha value is -1.79. The number of morpholine rings is 1. The number of hydrogen-bond acceptors (Lipinski definition) is 6. The highest BCUT2D eigenvalue weighted by atomic mass is 127. The van der Waals surface area contributed by atoms with Crippen LogP contribution in [0.3, 0.4) is 0 Å². The fraction of sp³-hybridized carbons (Fsp3) is 0.652. The van der Waals surface area contributed by atoms with Gasteiger partial charge in [0.15, 0.2) is 5.96 Å². The first kappa shape index (κ1) is 27.5. The van der Waals surface area contributed by atoms with Crippen molar-refractivity contribution in [3.63, 3.8) is 0 Å². The molecule has 0 bridgehead atoms. The standard InChI is InChI=1S/C23H37N5O4.HI/c1-23(2,3)32-22(29)28-15-18(16-28)26-21(24-4)25-14-20(27-10-12-31-13-11-27)17-6-8-19(30-5)9-7-17;/h6-9,18,20H,10-16H2,1-5H3,(H2,24,25,26);1H. The number of ether oxygens (including phenoxy) is 3. The van der Waals surface area contributed by atoms with Gasteiger partial charge < -0.3 is 29.7 Å². The molecule has 0 aliphatic carbocycles. The van der Waals surface area contributed by atoms with E-state index in [1.165, 1.54) is 5.56 Å². The predicted molar refractivity (Wildman–Crippen MR) is 140 cm³/mol. The average molecular weight is 575 g/mol. The number of guanidine groups is 1. The summed E-state index contributed by atoms with van der Waals surface area (Å²) in [4.78, 5) is 20.6. The van der Waals surface area contributed by atoms with Gasteiger partial charge in [0.05, 0.1) is 32.4 Å². The molecule has 0 saturated carbocycles. The Morgan fingerprint density at radius 3 is 2.39 bits per heavy atom. The van der Waals surface area contributed by atoms with E-state index in [0.717, 1.165) is 38.0 Å². The molecule has 0 radical (unpaired) electrons. The molecule has 1 amide bonds. The zero-order valence-electron chi connectivity index (χ0n) is 20.3. The van der Waals surface area contributed by atoms with Gasteiger partial charge in [-0.15, -0.1) is 24.0 Å². The zero-order chi connectivity index (χ0) is 23.1. The minimum absolute atomic E-state index is 0. The monoisotopic (exact) mass is 575 g/mol. The van der Waals surface area contributed by atoms with Crippen molar-refractivity contribution in [2.45, 2.75) is 38.5 Å². The minimum atomic E-state index is -0.483. The van der Waals surface area contributed by atoms with Crippen LogP contribution in [0.25, 0.3) is 0 Å². The van der Waals surface area contributed by atoms with Gasteiger partial charge in [0.1, 0.15) is 11.4 Å². The van der Waals surface area contributed by atoms with Crippen molar-refractivity contribution < 1.29 is 19.0 Å². The van der Waals surface area contributed by atoms with Gasteiger partial charge >= 0.3 is 6.09 Å².